The van der Waals surface area contributed by atoms with Crippen LogP contribution in [0.2, 0.25) is 0 Å². The predicted molar refractivity (Wildman–Crippen MR) is 111 cm³/mol. The second-order valence-corrected chi connectivity index (χ2v) is 8.69. The number of carbonyl (C=O) groups excluding carboxylic acids is 1. The highest BCUT2D eigenvalue weighted by Crippen LogP contribution is 2.39. The summed E-state index contributed by atoms with van der Waals surface area (Å²) in [5.74, 6) is 0.827. The first-order chi connectivity index (χ1) is 13.6. The molecule has 1 aromatic carbocycles. The molecule has 1 unspecified atom stereocenters. The van der Waals surface area contributed by atoms with Crippen LogP contribution in [0.3, 0.4) is 0 Å². The van der Waals surface area contributed by atoms with E-state index in [-0.39, 0.29) is 5.91 Å². The number of amides is 1. The molecule has 2 aromatic rings. The molecule has 2 aliphatic heterocycles. The van der Waals surface area contributed by atoms with Gasteiger partial charge < -0.3 is 14.4 Å². The smallest absolute Gasteiger partial charge is 0.268 e. The van der Waals surface area contributed by atoms with Crippen LogP contribution in [0.1, 0.15) is 23.2 Å². The van der Waals surface area contributed by atoms with E-state index in [9.17, 15) is 4.79 Å². The van der Waals surface area contributed by atoms with Crippen LogP contribution in [0.5, 0.6) is 5.75 Å². The van der Waals surface area contributed by atoms with Gasteiger partial charge in [-0.05, 0) is 38.5 Å². The normalized spacial score (nSPS) is 20.2. The highest BCUT2D eigenvalue weighted by Gasteiger charge is 2.34. The summed E-state index contributed by atoms with van der Waals surface area (Å²) in [6.45, 7) is 10.9. The number of fused-ring (bicyclic) bond motifs is 1. The molecule has 0 aliphatic carbocycles. The Bertz CT molecular complexity index is 861. The number of aromatic nitrogens is 1. The van der Waals surface area contributed by atoms with Crippen LogP contribution in [0, 0.1) is 13.8 Å². The molecule has 1 saturated heterocycles. The van der Waals surface area contributed by atoms with E-state index in [0.29, 0.717) is 13.0 Å². The Balaban J connectivity index is 1.64. The van der Waals surface area contributed by atoms with E-state index >= 15 is 0 Å². The van der Waals surface area contributed by atoms with Crippen molar-refractivity contribution in [3.63, 3.8) is 0 Å². The van der Waals surface area contributed by atoms with Gasteiger partial charge in [-0.3, -0.25) is 9.69 Å². The Kier molecular flexibility index (Phi) is 5.66. The number of carbonyl (C=O) groups is 1. The molecule has 0 spiro atoms. The van der Waals surface area contributed by atoms with Crippen LogP contribution in [-0.2, 0) is 9.53 Å². The van der Waals surface area contributed by atoms with E-state index in [0.717, 1.165) is 60.5 Å². The third-order valence-electron chi connectivity index (χ3n) is 5.35. The number of rotatable bonds is 5. The second-order valence-electron chi connectivity index (χ2n) is 7.28. The molecule has 0 N–H and O–H groups in total. The lowest BCUT2D eigenvalue weighted by molar-refractivity contribution is -0.126. The number of benzene rings is 1. The lowest BCUT2D eigenvalue weighted by atomic mass is 10.1. The summed E-state index contributed by atoms with van der Waals surface area (Å²) in [5, 5.41) is 1.05. The van der Waals surface area contributed by atoms with Crippen molar-refractivity contribution in [1.82, 2.24) is 9.88 Å². The fourth-order valence-electron chi connectivity index (χ4n) is 3.82. The highest BCUT2D eigenvalue weighted by molar-refractivity contribution is 7.11. The van der Waals surface area contributed by atoms with Crippen molar-refractivity contribution in [3.05, 3.63) is 28.1 Å². The van der Waals surface area contributed by atoms with E-state index < -0.39 is 6.10 Å². The van der Waals surface area contributed by atoms with E-state index in [1.807, 2.05) is 30.9 Å². The van der Waals surface area contributed by atoms with Crippen LogP contribution in [0.4, 0.5) is 5.69 Å². The van der Waals surface area contributed by atoms with Gasteiger partial charge in [-0.2, -0.15) is 0 Å². The number of thiazole rings is 1. The van der Waals surface area contributed by atoms with Crippen molar-refractivity contribution < 1.29 is 14.3 Å². The molecule has 1 fully saturated rings. The number of morpholine rings is 1. The third kappa shape index (κ3) is 3.79. The van der Waals surface area contributed by atoms with Gasteiger partial charge in [0.25, 0.3) is 5.91 Å². The van der Waals surface area contributed by atoms with Gasteiger partial charge in [-0.15, -0.1) is 11.3 Å². The molecule has 3 heterocycles. The Morgan fingerprint density at radius 1 is 1.21 bits per heavy atom. The lowest BCUT2D eigenvalue weighted by Crippen LogP contribution is -2.49. The Morgan fingerprint density at radius 2 is 2.00 bits per heavy atom. The molecule has 150 valence electrons. The molecule has 0 saturated carbocycles. The Morgan fingerprint density at radius 3 is 2.68 bits per heavy atom. The molecular formula is C21H27N3O3S. The topological polar surface area (TPSA) is 54.9 Å². The largest absolute Gasteiger partial charge is 0.478 e. The summed E-state index contributed by atoms with van der Waals surface area (Å²) >= 11 is 1.69. The van der Waals surface area contributed by atoms with Gasteiger partial charge in [0, 0.05) is 36.6 Å². The first-order valence-corrected chi connectivity index (χ1v) is 10.7. The number of nitrogens with zero attached hydrogens (tertiary/aromatic N) is 3. The number of aryl methyl sites for hydroxylation is 2. The minimum Gasteiger partial charge on any atom is -0.478 e. The maximum absolute atomic E-state index is 13.1. The average Bonchev–Trinajstić information content (AvgIpc) is 3.05. The summed E-state index contributed by atoms with van der Waals surface area (Å²) < 4.78 is 11.4. The molecule has 6 nitrogen and oxygen atoms in total. The van der Waals surface area contributed by atoms with Gasteiger partial charge in [0.1, 0.15) is 5.75 Å². The van der Waals surface area contributed by atoms with Gasteiger partial charge in [0.05, 0.1) is 29.6 Å². The first kappa shape index (κ1) is 19.4. The first-order valence-electron chi connectivity index (χ1n) is 9.93. The number of hydrogen-bond acceptors (Lipinski definition) is 6. The quantitative estimate of drug-likeness (QED) is 0.770. The van der Waals surface area contributed by atoms with E-state index in [2.05, 4.69) is 22.9 Å². The molecule has 7 heteroatoms. The zero-order chi connectivity index (χ0) is 19.7. The molecule has 1 atom stereocenters. The lowest BCUT2D eigenvalue weighted by Gasteiger charge is -2.36. The van der Waals surface area contributed by atoms with Gasteiger partial charge in [-0.25, -0.2) is 4.98 Å². The van der Waals surface area contributed by atoms with Crippen LogP contribution in [0.15, 0.2) is 18.2 Å². The zero-order valence-electron chi connectivity index (χ0n) is 16.7. The second kappa shape index (κ2) is 8.19. The molecule has 0 radical (unpaired) electrons. The molecule has 0 bridgehead atoms. The van der Waals surface area contributed by atoms with Crippen molar-refractivity contribution in [2.75, 3.05) is 44.3 Å². The van der Waals surface area contributed by atoms with Gasteiger partial charge in [-0.1, -0.05) is 6.92 Å². The van der Waals surface area contributed by atoms with Crippen molar-refractivity contribution >= 4 is 22.9 Å². The summed E-state index contributed by atoms with van der Waals surface area (Å²) in [7, 11) is 0. The monoisotopic (exact) mass is 401 g/mol. The maximum Gasteiger partial charge on any atom is 0.268 e. The fourth-order valence-corrected chi connectivity index (χ4v) is 4.66. The van der Waals surface area contributed by atoms with Crippen LogP contribution in [-0.4, -0.2) is 61.3 Å². The molecule has 28 heavy (non-hydrogen) atoms. The molecule has 2 aliphatic rings. The summed E-state index contributed by atoms with van der Waals surface area (Å²) in [5.41, 5.74) is 2.87. The average molecular weight is 402 g/mol. The minimum atomic E-state index is -0.411. The van der Waals surface area contributed by atoms with E-state index in [1.54, 1.807) is 11.3 Å². The zero-order valence-corrected chi connectivity index (χ0v) is 17.6. The molecular weight excluding hydrogens is 374 g/mol. The Labute approximate surface area is 170 Å². The highest BCUT2D eigenvalue weighted by atomic mass is 32.1. The predicted octanol–water partition coefficient (Wildman–Crippen LogP) is 3.26. The van der Waals surface area contributed by atoms with Crippen molar-refractivity contribution in [2.45, 2.75) is 33.3 Å². The fraction of sp³-hybridized carbons (Fsp3) is 0.524. The molecule has 4 rings (SSSR count). The van der Waals surface area contributed by atoms with Gasteiger partial charge in [0.2, 0.25) is 0 Å². The molecule has 1 aromatic heterocycles. The van der Waals surface area contributed by atoms with Crippen LogP contribution < -0.4 is 9.64 Å². The summed E-state index contributed by atoms with van der Waals surface area (Å²) in [4.78, 5) is 23.2. The van der Waals surface area contributed by atoms with E-state index in [4.69, 9.17) is 9.47 Å². The summed E-state index contributed by atoms with van der Waals surface area (Å²) in [6.07, 6.45) is 0.254. The molecule has 1 amide bonds. The third-order valence-corrected chi connectivity index (χ3v) is 6.24. The maximum atomic E-state index is 13.1. The van der Waals surface area contributed by atoms with Crippen LogP contribution in [0.25, 0.3) is 11.3 Å². The Hall–Kier alpha value is -1.96. The van der Waals surface area contributed by atoms with Crippen LogP contribution >= 0.6 is 11.3 Å². The number of anilines is 1. The number of ether oxygens (including phenoxy) is 2. The number of hydrogen-bond donors (Lipinski definition) is 0. The van der Waals surface area contributed by atoms with E-state index in [1.165, 1.54) is 4.88 Å². The summed E-state index contributed by atoms with van der Waals surface area (Å²) in [6, 6.07) is 6.08. The van der Waals surface area contributed by atoms with Gasteiger partial charge >= 0.3 is 0 Å². The minimum absolute atomic E-state index is 0.0478. The van der Waals surface area contributed by atoms with Crippen molar-refractivity contribution in [3.8, 4) is 17.0 Å². The van der Waals surface area contributed by atoms with Crippen molar-refractivity contribution in [2.24, 2.45) is 0 Å². The standard InChI is InChI=1S/C21H27N3O3S/c1-4-18-21(25)24(8-7-23-9-11-26-12-10-23)17-13-16(5-6-19(17)27-18)20-14(2)28-15(3)22-20/h5-6,13,18H,4,7-12H2,1-3H3. The van der Waals surface area contributed by atoms with Crippen molar-refractivity contribution in [1.29, 1.82) is 0 Å². The van der Waals surface area contributed by atoms with Gasteiger partial charge in [0.15, 0.2) is 6.10 Å². The SMILES string of the molecule is CCC1Oc2ccc(-c3nc(C)sc3C)cc2N(CCN2CCOCC2)C1=O.